The highest BCUT2D eigenvalue weighted by atomic mass is 79.9. The van der Waals surface area contributed by atoms with Crippen molar-refractivity contribution in [2.75, 3.05) is 5.32 Å². The molecule has 0 bridgehead atoms. The molecule has 2 rings (SSSR count). The molecule has 0 aliphatic rings. The maximum atomic E-state index is 11.0. The van der Waals surface area contributed by atoms with Gasteiger partial charge in [0, 0.05) is 32.9 Å². The number of halogens is 1. The van der Waals surface area contributed by atoms with Crippen LogP contribution in [0.25, 0.3) is 0 Å². The van der Waals surface area contributed by atoms with Gasteiger partial charge in [0.2, 0.25) is 5.91 Å². The summed E-state index contributed by atoms with van der Waals surface area (Å²) in [5.41, 5.74) is 7.79. The van der Waals surface area contributed by atoms with Gasteiger partial charge in [-0.3, -0.25) is 4.79 Å². The third kappa shape index (κ3) is 4.59. The van der Waals surface area contributed by atoms with Gasteiger partial charge in [0.1, 0.15) is 0 Å². The van der Waals surface area contributed by atoms with E-state index in [4.69, 9.17) is 5.73 Å². The molecular weight excluding hydrogens is 348 g/mol. The predicted octanol–water partition coefficient (Wildman–Crippen LogP) is 4.58. The molecule has 1 unspecified atom stereocenters. The molecule has 0 heterocycles. The molecule has 3 N–H and O–H groups in total. The summed E-state index contributed by atoms with van der Waals surface area (Å²) in [6.45, 7) is 3.47. The summed E-state index contributed by atoms with van der Waals surface area (Å²) in [5, 5.41) is 2.76. The highest BCUT2D eigenvalue weighted by Crippen LogP contribution is 2.35. The number of hydrogen-bond acceptors (Lipinski definition) is 3. The Balaban J connectivity index is 2.13. The lowest BCUT2D eigenvalue weighted by molar-refractivity contribution is -0.114. The summed E-state index contributed by atoms with van der Waals surface area (Å²) in [4.78, 5) is 13.2. The van der Waals surface area contributed by atoms with E-state index in [0.717, 1.165) is 25.5 Å². The van der Waals surface area contributed by atoms with Crippen molar-refractivity contribution >= 4 is 39.3 Å². The van der Waals surface area contributed by atoms with Gasteiger partial charge in [0.25, 0.3) is 0 Å². The van der Waals surface area contributed by atoms with E-state index in [1.807, 2.05) is 37.3 Å². The zero-order chi connectivity index (χ0) is 15.4. The molecule has 2 aromatic rings. The number of nitrogens with two attached hydrogens (primary N) is 1. The van der Waals surface area contributed by atoms with Crippen LogP contribution in [0.15, 0.2) is 56.7 Å². The van der Waals surface area contributed by atoms with Crippen LogP contribution in [-0.4, -0.2) is 5.91 Å². The van der Waals surface area contributed by atoms with Gasteiger partial charge in [-0.15, -0.1) is 0 Å². The molecule has 3 nitrogen and oxygen atoms in total. The fourth-order valence-electron chi connectivity index (χ4n) is 1.82. The molecule has 0 spiro atoms. The molecule has 0 aromatic heterocycles. The highest BCUT2D eigenvalue weighted by Gasteiger charge is 2.06. The first kappa shape index (κ1) is 16.1. The van der Waals surface area contributed by atoms with Crippen LogP contribution in [0.2, 0.25) is 0 Å². The van der Waals surface area contributed by atoms with Gasteiger partial charge in [-0.2, -0.15) is 0 Å². The van der Waals surface area contributed by atoms with Gasteiger partial charge < -0.3 is 11.1 Å². The van der Waals surface area contributed by atoms with Crippen molar-refractivity contribution in [3.63, 3.8) is 0 Å². The van der Waals surface area contributed by atoms with Crippen LogP contribution in [0.1, 0.15) is 25.5 Å². The Bertz CT molecular complexity index is 641. The van der Waals surface area contributed by atoms with Gasteiger partial charge in [-0.05, 0) is 64.8 Å². The number of hydrogen-bond donors (Lipinski definition) is 2. The van der Waals surface area contributed by atoms with Crippen molar-refractivity contribution < 1.29 is 4.79 Å². The number of benzene rings is 2. The lowest BCUT2D eigenvalue weighted by Gasteiger charge is -2.10. The van der Waals surface area contributed by atoms with Gasteiger partial charge in [0.15, 0.2) is 0 Å². The van der Waals surface area contributed by atoms with Gasteiger partial charge in [-0.1, -0.05) is 17.8 Å². The summed E-state index contributed by atoms with van der Waals surface area (Å²) in [6.07, 6.45) is 0. The monoisotopic (exact) mass is 364 g/mol. The third-order valence-electron chi connectivity index (χ3n) is 2.88. The van der Waals surface area contributed by atoms with E-state index in [-0.39, 0.29) is 11.9 Å². The van der Waals surface area contributed by atoms with E-state index in [1.165, 1.54) is 6.92 Å². The smallest absolute Gasteiger partial charge is 0.221 e. The lowest BCUT2D eigenvalue weighted by Crippen LogP contribution is -2.05. The topological polar surface area (TPSA) is 55.1 Å². The summed E-state index contributed by atoms with van der Waals surface area (Å²) in [5.74, 6) is -0.0651. The Hall–Kier alpha value is -1.30. The normalized spacial score (nSPS) is 12.0. The van der Waals surface area contributed by atoms with Gasteiger partial charge >= 0.3 is 0 Å². The molecule has 0 fully saturated rings. The fourth-order valence-corrected chi connectivity index (χ4v) is 3.28. The maximum absolute atomic E-state index is 11.0. The first-order valence-electron chi connectivity index (χ1n) is 6.56. The quantitative estimate of drug-likeness (QED) is 0.834. The van der Waals surface area contributed by atoms with Crippen molar-refractivity contribution in [1.82, 2.24) is 0 Å². The summed E-state index contributed by atoms with van der Waals surface area (Å²) >= 11 is 5.25. The average molecular weight is 365 g/mol. The van der Waals surface area contributed by atoms with Crippen LogP contribution in [0.3, 0.4) is 0 Å². The molecule has 0 radical (unpaired) electrons. The van der Waals surface area contributed by atoms with Crippen molar-refractivity contribution in [3.05, 3.63) is 52.5 Å². The lowest BCUT2D eigenvalue weighted by atomic mass is 10.1. The number of carbonyl (C=O) groups excluding carboxylic acids is 1. The predicted molar refractivity (Wildman–Crippen MR) is 91.6 cm³/mol. The molecule has 0 aliphatic heterocycles. The van der Waals surface area contributed by atoms with E-state index >= 15 is 0 Å². The molecule has 5 heteroatoms. The number of amides is 1. The van der Waals surface area contributed by atoms with E-state index in [1.54, 1.807) is 11.8 Å². The Kier molecular flexibility index (Phi) is 5.45. The van der Waals surface area contributed by atoms with E-state index in [0.29, 0.717) is 0 Å². The number of nitrogens with one attached hydrogen (secondary N) is 1. The zero-order valence-electron chi connectivity index (χ0n) is 11.9. The average Bonchev–Trinajstić information content (AvgIpc) is 2.42. The molecular formula is C16H17BrN2OS. The van der Waals surface area contributed by atoms with Gasteiger partial charge in [-0.25, -0.2) is 0 Å². The molecule has 2 aromatic carbocycles. The van der Waals surface area contributed by atoms with E-state index in [2.05, 4.69) is 33.4 Å². The second-order valence-corrected chi connectivity index (χ2v) is 6.76. The number of rotatable bonds is 4. The van der Waals surface area contributed by atoms with Crippen LogP contribution < -0.4 is 11.1 Å². The molecule has 110 valence electrons. The molecule has 1 atom stereocenters. The van der Waals surface area contributed by atoms with Crippen LogP contribution >= 0.6 is 27.7 Å². The molecule has 21 heavy (non-hydrogen) atoms. The summed E-state index contributed by atoms with van der Waals surface area (Å²) in [7, 11) is 0. The highest BCUT2D eigenvalue weighted by molar-refractivity contribution is 9.10. The Morgan fingerprint density at radius 2 is 1.90 bits per heavy atom. The molecule has 0 aliphatic carbocycles. The summed E-state index contributed by atoms with van der Waals surface area (Å²) < 4.78 is 1.04. The number of carbonyl (C=O) groups is 1. The first-order chi connectivity index (χ1) is 9.95. The van der Waals surface area contributed by atoms with Crippen LogP contribution in [0.5, 0.6) is 0 Å². The van der Waals surface area contributed by atoms with E-state index < -0.39 is 0 Å². The largest absolute Gasteiger partial charge is 0.326 e. The van der Waals surface area contributed by atoms with Crippen molar-refractivity contribution in [3.8, 4) is 0 Å². The fraction of sp³-hybridized carbons (Fsp3) is 0.188. The Morgan fingerprint density at radius 1 is 1.24 bits per heavy atom. The van der Waals surface area contributed by atoms with Gasteiger partial charge in [0.05, 0.1) is 0 Å². The van der Waals surface area contributed by atoms with E-state index in [9.17, 15) is 4.79 Å². The minimum absolute atomic E-state index is 0.0253. The second kappa shape index (κ2) is 7.11. The zero-order valence-corrected chi connectivity index (χ0v) is 14.3. The molecule has 0 saturated carbocycles. The van der Waals surface area contributed by atoms with Crippen LogP contribution in [-0.2, 0) is 4.79 Å². The second-order valence-electron chi connectivity index (χ2n) is 4.79. The summed E-state index contributed by atoms with van der Waals surface area (Å²) in [6, 6.07) is 14.0. The molecule has 1 amide bonds. The van der Waals surface area contributed by atoms with Crippen molar-refractivity contribution in [2.24, 2.45) is 5.73 Å². The minimum atomic E-state index is -0.0651. The van der Waals surface area contributed by atoms with Crippen molar-refractivity contribution in [2.45, 2.75) is 29.7 Å². The Labute approximate surface area is 137 Å². The first-order valence-corrected chi connectivity index (χ1v) is 8.17. The minimum Gasteiger partial charge on any atom is -0.326 e. The van der Waals surface area contributed by atoms with Crippen molar-refractivity contribution in [1.29, 1.82) is 0 Å². The van der Waals surface area contributed by atoms with Crippen LogP contribution in [0, 0.1) is 0 Å². The SMILES string of the molecule is CC(=O)Nc1ccc(Sc2ccc(C(C)N)cc2Br)cc1. The molecule has 0 saturated heterocycles. The van der Waals surface area contributed by atoms with Crippen LogP contribution in [0.4, 0.5) is 5.69 Å². The standard InChI is InChI=1S/C16H17BrN2OS/c1-10(18)12-3-8-16(15(17)9-12)21-14-6-4-13(5-7-14)19-11(2)20/h3-10H,18H2,1-2H3,(H,19,20). The maximum Gasteiger partial charge on any atom is 0.221 e. The Morgan fingerprint density at radius 3 is 2.43 bits per heavy atom. The third-order valence-corrected chi connectivity index (χ3v) is 4.89. The number of anilines is 1.